The van der Waals surface area contributed by atoms with E-state index in [-0.39, 0.29) is 12.0 Å². The first-order chi connectivity index (χ1) is 9.26. The molecule has 5 heteroatoms. The number of fused-ring (bicyclic) bond motifs is 1. The third-order valence-corrected chi connectivity index (χ3v) is 4.21. The van der Waals surface area contributed by atoms with Crippen LogP contribution in [0.15, 0.2) is 0 Å². The third-order valence-electron chi connectivity index (χ3n) is 4.21. The van der Waals surface area contributed by atoms with Crippen LogP contribution in [0.1, 0.15) is 40.5 Å². The number of ether oxygens (including phenoxy) is 1. The molecule has 2 aliphatic heterocycles. The van der Waals surface area contributed by atoms with Crippen LogP contribution in [0.25, 0.3) is 0 Å². The number of hydrogen-bond acceptors (Lipinski definition) is 3. The van der Waals surface area contributed by atoms with Gasteiger partial charge in [-0.2, -0.15) is 0 Å². The molecule has 0 saturated carbocycles. The topological polar surface area (TPSA) is 49.9 Å². The van der Waals surface area contributed by atoms with E-state index in [0.29, 0.717) is 11.8 Å². The van der Waals surface area contributed by atoms with Crippen LogP contribution in [0.4, 0.5) is 4.79 Å². The van der Waals surface area contributed by atoms with Crippen molar-refractivity contribution < 1.29 is 14.3 Å². The van der Waals surface area contributed by atoms with Crippen LogP contribution in [0, 0.1) is 11.8 Å². The molecule has 2 rings (SSSR count). The van der Waals surface area contributed by atoms with Gasteiger partial charge in [0.2, 0.25) is 5.91 Å². The van der Waals surface area contributed by atoms with Crippen molar-refractivity contribution in [2.24, 2.45) is 11.8 Å². The lowest BCUT2D eigenvalue weighted by atomic mass is 9.92. The lowest BCUT2D eigenvalue weighted by molar-refractivity contribution is -0.128. The molecule has 20 heavy (non-hydrogen) atoms. The minimum absolute atomic E-state index is 0.161. The summed E-state index contributed by atoms with van der Waals surface area (Å²) in [7, 11) is 0. The minimum Gasteiger partial charge on any atom is -0.444 e. The van der Waals surface area contributed by atoms with Gasteiger partial charge in [0.05, 0.1) is 0 Å². The van der Waals surface area contributed by atoms with Gasteiger partial charge in [-0.1, -0.05) is 0 Å². The number of carbonyl (C=O) groups is 2. The molecule has 0 bridgehead atoms. The number of likely N-dealkylation sites (tertiary alicyclic amines) is 2. The van der Waals surface area contributed by atoms with E-state index in [1.807, 2.05) is 30.6 Å². The average Bonchev–Trinajstić information content (AvgIpc) is 2.60. The first-order valence-electron chi connectivity index (χ1n) is 7.49. The van der Waals surface area contributed by atoms with Gasteiger partial charge < -0.3 is 14.5 Å². The predicted octanol–water partition coefficient (Wildman–Crippen LogP) is 2.11. The quantitative estimate of drug-likeness (QED) is 0.684. The van der Waals surface area contributed by atoms with E-state index in [2.05, 4.69) is 0 Å². The Morgan fingerprint density at radius 1 is 1.00 bits per heavy atom. The van der Waals surface area contributed by atoms with Crippen molar-refractivity contribution in [3.8, 4) is 0 Å². The number of hydrogen-bond donors (Lipinski definition) is 0. The molecule has 0 aliphatic carbocycles. The van der Waals surface area contributed by atoms with Crippen molar-refractivity contribution in [2.75, 3.05) is 26.2 Å². The summed E-state index contributed by atoms with van der Waals surface area (Å²) < 4.78 is 5.44. The van der Waals surface area contributed by atoms with E-state index in [0.717, 1.165) is 39.0 Å². The molecule has 0 radical (unpaired) electrons. The van der Waals surface area contributed by atoms with Crippen molar-refractivity contribution in [2.45, 2.75) is 46.1 Å². The van der Waals surface area contributed by atoms with Crippen LogP contribution < -0.4 is 0 Å². The molecular formula is C15H26N2O3. The molecule has 2 saturated heterocycles. The lowest BCUT2D eigenvalue weighted by Gasteiger charge is -2.25. The average molecular weight is 282 g/mol. The molecular weight excluding hydrogens is 256 g/mol. The van der Waals surface area contributed by atoms with Gasteiger partial charge in [0.15, 0.2) is 0 Å². The first-order valence-corrected chi connectivity index (χ1v) is 7.49. The molecule has 2 aliphatic rings. The highest BCUT2D eigenvalue weighted by atomic mass is 16.6. The van der Waals surface area contributed by atoms with E-state index >= 15 is 0 Å². The van der Waals surface area contributed by atoms with Gasteiger partial charge in [-0.3, -0.25) is 4.79 Å². The second kappa shape index (κ2) is 5.62. The van der Waals surface area contributed by atoms with Gasteiger partial charge in [0.1, 0.15) is 5.60 Å². The normalized spacial score (nSPS) is 27.0. The Hall–Kier alpha value is -1.26. The summed E-state index contributed by atoms with van der Waals surface area (Å²) in [5.74, 6) is 1.17. The van der Waals surface area contributed by atoms with Gasteiger partial charge in [-0.25, -0.2) is 4.79 Å². The Morgan fingerprint density at radius 3 is 1.90 bits per heavy atom. The van der Waals surface area contributed by atoms with Crippen LogP contribution in [0.2, 0.25) is 0 Å². The maximum absolute atomic E-state index is 12.1. The van der Waals surface area contributed by atoms with Crippen molar-refractivity contribution in [3.05, 3.63) is 0 Å². The smallest absolute Gasteiger partial charge is 0.410 e. The molecule has 0 N–H and O–H groups in total. The molecule has 0 aromatic carbocycles. The predicted molar refractivity (Wildman–Crippen MR) is 76.3 cm³/mol. The summed E-state index contributed by atoms with van der Waals surface area (Å²) in [5, 5.41) is 0. The maximum atomic E-state index is 12.1. The van der Waals surface area contributed by atoms with E-state index in [4.69, 9.17) is 4.74 Å². The van der Waals surface area contributed by atoms with Crippen molar-refractivity contribution in [1.82, 2.24) is 9.80 Å². The van der Waals surface area contributed by atoms with E-state index in [1.54, 1.807) is 6.92 Å². The number of carbonyl (C=O) groups excluding carboxylic acids is 2. The Balaban J connectivity index is 1.91. The van der Waals surface area contributed by atoms with Crippen molar-refractivity contribution in [3.63, 3.8) is 0 Å². The van der Waals surface area contributed by atoms with Crippen LogP contribution in [-0.4, -0.2) is 53.6 Å². The largest absolute Gasteiger partial charge is 0.444 e. The maximum Gasteiger partial charge on any atom is 0.410 e. The summed E-state index contributed by atoms with van der Waals surface area (Å²) in [6, 6.07) is 0. The van der Waals surface area contributed by atoms with Crippen LogP contribution in [0.3, 0.4) is 0 Å². The zero-order chi connectivity index (χ0) is 14.9. The van der Waals surface area contributed by atoms with Gasteiger partial charge in [0, 0.05) is 33.1 Å². The van der Waals surface area contributed by atoms with E-state index < -0.39 is 5.60 Å². The fraction of sp³-hybridized carbons (Fsp3) is 0.867. The molecule has 0 unspecified atom stereocenters. The highest BCUT2D eigenvalue weighted by molar-refractivity contribution is 5.73. The highest BCUT2D eigenvalue weighted by Gasteiger charge is 2.38. The van der Waals surface area contributed by atoms with E-state index in [1.165, 1.54) is 0 Å². The lowest BCUT2D eigenvalue weighted by Crippen LogP contribution is -2.36. The summed E-state index contributed by atoms with van der Waals surface area (Å²) >= 11 is 0. The van der Waals surface area contributed by atoms with Gasteiger partial charge in [-0.15, -0.1) is 0 Å². The summed E-state index contributed by atoms with van der Waals surface area (Å²) in [6.07, 6.45) is 1.78. The molecule has 2 atom stereocenters. The molecule has 0 spiro atoms. The second-order valence-electron chi connectivity index (χ2n) is 6.99. The fourth-order valence-corrected chi connectivity index (χ4v) is 3.14. The van der Waals surface area contributed by atoms with Gasteiger partial charge >= 0.3 is 6.09 Å². The Bertz CT molecular complexity index is 373. The number of amides is 2. The molecule has 2 fully saturated rings. The number of rotatable bonds is 0. The molecule has 0 aromatic heterocycles. The zero-order valence-corrected chi connectivity index (χ0v) is 13.0. The Labute approximate surface area is 121 Å². The molecule has 0 aromatic rings. The molecule has 2 amide bonds. The van der Waals surface area contributed by atoms with Gasteiger partial charge in [0.25, 0.3) is 0 Å². The Kier molecular flexibility index (Phi) is 4.25. The molecule has 5 nitrogen and oxygen atoms in total. The molecule has 114 valence electrons. The third kappa shape index (κ3) is 3.64. The van der Waals surface area contributed by atoms with E-state index in [9.17, 15) is 9.59 Å². The minimum atomic E-state index is -0.437. The van der Waals surface area contributed by atoms with Gasteiger partial charge in [-0.05, 0) is 45.4 Å². The first kappa shape index (κ1) is 15.1. The zero-order valence-electron chi connectivity index (χ0n) is 13.0. The monoisotopic (exact) mass is 282 g/mol. The van der Waals surface area contributed by atoms with Crippen LogP contribution >= 0.6 is 0 Å². The Morgan fingerprint density at radius 2 is 1.50 bits per heavy atom. The highest BCUT2D eigenvalue weighted by Crippen LogP contribution is 2.32. The fourth-order valence-electron chi connectivity index (χ4n) is 3.14. The summed E-state index contributed by atoms with van der Waals surface area (Å²) in [4.78, 5) is 27.3. The molecule has 2 heterocycles. The SMILES string of the molecule is CC(=O)N1CC[C@@H]2CN(C(=O)OC(C)(C)C)C[C@@H]2CC1. The second-order valence-corrected chi connectivity index (χ2v) is 6.99. The van der Waals surface area contributed by atoms with Crippen molar-refractivity contribution >= 4 is 12.0 Å². The number of nitrogens with zero attached hydrogens (tertiary/aromatic N) is 2. The van der Waals surface area contributed by atoms with Crippen LogP contribution in [-0.2, 0) is 9.53 Å². The standard InChI is InChI=1S/C15H26N2O3/c1-11(18)16-7-5-12-9-17(10-13(12)6-8-16)14(19)20-15(2,3)4/h12-13H,5-10H2,1-4H3/t12-,13+. The summed E-state index contributed by atoms with van der Waals surface area (Å²) in [5.41, 5.74) is -0.437. The van der Waals surface area contributed by atoms with Crippen molar-refractivity contribution in [1.29, 1.82) is 0 Å². The summed E-state index contributed by atoms with van der Waals surface area (Å²) in [6.45, 7) is 10.5. The van der Waals surface area contributed by atoms with Crippen LogP contribution in [0.5, 0.6) is 0 Å².